The fraction of sp³-hybridized carbons (Fsp3) is 0. The van der Waals surface area contributed by atoms with Gasteiger partial charge in [0.1, 0.15) is 0 Å². The van der Waals surface area contributed by atoms with Gasteiger partial charge in [-0.25, -0.2) is 4.39 Å². The molecule has 2 aromatic rings. The maximum absolute atomic E-state index is 13.4. The van der Waals surface area contributed by atoms with Crippen LogP contribution < -0.4 is 0 Å². The minimum atomic E-state index is -0.598. The second-order valence-corrected chi connectivity index (χ2v) is 2.87. The molecule has 1 N–H and O–H groups in total. The molecule has 1 aromatic heterocycles. The average molecular weight is 189 g/mol. The van der Waals surface area contributed by atoms with Crippen LogP contribution >= 0.6 is 0 Å². The molecule has 0 radical (unpaired) electrons. The van der Waals surface area contributed by atoms with Crippen LogP contribution in [-0.2, 0) is 0 Å². The van der Waals surface area contributed by atoms with E-state index >= 15 is 0 Å². The number of halogens is 1. The number of aromatic nitrogens is 1. The molecule has 0 amide bonds. The fourth-order valence-electron chi connectivity index (χ4n) is 1.27. The Morgan fingerprint density at radius 2 is 1.79 bits per heavy atom. The van der Waals surface area contributed by atoms with Gasteiger partial charge in [0.15, 0.2) is 11.6 Å². The first-order valence-corrected chi connectivity index (χ1v) is 4.17. The second-order valence-electron chi connectivity index (χ2n) is 2.87. The first-order valence-electron chi connectivity index (χ1n) is 4.17. The molecular formula is C11H8FNO. The topological polar surface area (TPSA) is 33.1 Å². The van der Waals surface area contributed by atoms with Crippen LogP contribution in [0.3, 0.4) is 0 Å². The van der Waals surface area contributed by atoms with E-state index in [-0.39, 0.29) is 5.75 Å². The lowest BCUT2D eigenvalue weighted by Gasteiger charge is -2.03. The maximum Gasteiger partial charge on any atom is 0.172 e. The van der Waals surface area contributed by atoms with Crippen molar-refractivity contribution in [3.63, 3.8) is 0 Å². The van der Waals surface area contributed by atoms with Gasteiger partial charge in [0.25, 0.3) is 0 Å². The minimum Gasteiger partial charge on any atom is -0.505 e. The number of aromatic hydroxyl groups is 1. The molecule has 0 unspecified atom stereocenters. The number of phenols is 1. The highest BCUT2D eigenvalue weighted by atomic mass is 19.1. The zero-order chi connectivity index (χ0) is 9.97. The predicted octanol–water partition coefficient (Wildman–Crippen LogP) is 2.59. The molecule has 0 spiro atoms. The Kier molecular flexibility index (Phi) is 2.14. The zero-order valence-corrected chi connectivity index (χ0v) is 7.31. The Morgan fingerprint density at radius 3 is 2.50 bits per heavy atom. The van der Waals surface area contributed by atoms with Crippen molar-refractivity contribution in [1.29, 1.82) is 0 Å². The highest BCUT2D eigenvalue weighted by Gasteiger charge is 2.07. The number of benzene rings is 1. The van der Waals surface area contributed by atoms with Gasteiger partial charge in [0, 0.05) is 18.0 Å². The lowest BCUT2D eigenvalue weighted by Crippen LogP contribution is -1.84. The van der Waals surface area contributed by atoms with Crippen molar-refractivity contribution in [2.45, 2.75) is 0 Å². The summed E-state index contributed by atoms with van der Waals surface area (Å²) in [6.07, 6.45) is 3.16. The Hall–Kier alpha value is -1.90. The molecule has 0 aliphatic rings. The van der Waals surface area contributed by atoms with E-state index in [1.54, 1.807) is 36.7 Å². The molecule has 3 heteroatoms. The molecule has 0 fully saturated rings. The van der Waals surface area contributed by atoms with E-state index in [1.165, 1.54) is 6.07 Å². The summed E-state index contributed by atoms with van der Waals surface area (Å²) in [7, 11) is 0. The normalized spacial score (nSPS) is 10.1. The summed E-state index contributed by atoms with van der Waals surface area (Å²) in [4.78, 5) is 3.84. The van der Waals surface area contributed by atoms with E-state index < -0.39 is 5.82 Å². The van der Waals surface area contributed by atoms with E-state index in [4.69, 9.17) is 0 Å². The largest absolute Gasteiger partial charge is 0.505 e. The third-order valence-electron chi connectivity index (χ3n) is 1.97. The van der Waals surface area contributed by atoms with Crippen molar-refractivity contribution in [2.75, 3.05) is 0 Å². The first kappa shape index (κ1) is 8.69. The van der Waals surface area contributed by atoms with Gasteiger partial charge in [-0.15, -0.1) is 0 Å². The minimum absolute atomic E-state index is 0.334. The number of hydrogen-bond acceptors (Lipinski definition) is 2. The van der Waals surface area contributed by atoms with E-state index in [2.05, 4.69) is 4.98 Å². The lowest BCUT2D eigenvalue weighted by atomic mass is 10.1. The van der Waals surface area contributed by atoms with Gasteiger partial charge in [-0.2, -0.15) is 0 Å². The Bertz CT molecular complexity index is 442. The lowest BCUT2D eigenvalue weighted by molar-refractivity contribution is 0.433. The van der Waals surface area contributed by atoms with E-state index in [1.807, 2.05) is 0 Å². The molecule has 2 rings (SSSR count). The Morgan fingerprint density at radius 1 is 1.07 bits per heavy atom. The zero-order valence-electron chi connectivity index (χ0n) is 7.31. The molecule has 2 nitrogen and oxygen atoms in total. The molecule has 0 saturated carbocycles. The van der Waals surface area contributed by atoms with Gasteiger partial charge in [-0.3, -0.25) is 4.98 Å². The summed E-state index contributed by atoms with van der Waals surface area (Å²) >= 11 is 0. The van der Waals surface area contributed by atoms with Crippen LogP contribution in [0.25, 0.3) is 11.1 Å². The van der Waals surface area contributed by atoms with Gasteiger partial charge >= 0.3 is 0 Å². The fourth-order valence-corrected chi connectivity index (χ4v) is 1.27. The molecule has 0 aliphatic carbocycles. The van der Waals surface area contributed by atoms with Crippen molar-refractivity contribution in [2.24, 2.45) is 0 Å². The number of hydrogen-bond donors (Lipinski definition) is 1. The van der Waals surface area contributed by atoms with Crippen LogP contribution in [0.2, 0.25) is 0 Å². The number of rotatable bonds is 1. The Labute approximate surface area is 80.7 Å². The van der Waals surface area contributed by atoms with Gasteiger partial charge < -0.3 is 5.11 Å². The van der Waals surface area contributed by atoms with Crippen molar-refractivity contribution in [3.8, 4) is 16.9 Å². The molecular weight excluding hydrogens is 181 g/mol. The van der Waals surface area contributed by atoms with Gasteiger partial charge in [0.2, 0.25) is 0 Å². The third kappa shape index (κ3) is 1.44. The molecule has 70 valence electrons. The van der Waals surface area contributed by atoms with Crippen LogP contribution in [0, 0.1) is 5.82 Å². The monoisotopic (exact) mass is 189 g/mol. The third-order valence-corrected chi connectivity index (χ3v) is 1.97. The van der Waals surface area contributed by atoms with Crippen LogP contribution in [-0.4, -0.2) is 10.1 Å². The maximum atomic E-state index is 13.4. The summed E-state index contributed by atoms with van der Waals surface area (Å²) in [5.74, 6) is -0.932. The molecule has 1 aromatic carbocycles. The summed E-state index contributed by atoms with van der Waals surface area (Å²) in [6.45, 7) is 0. The van der Waals surface area contributed by atoms with Crippen molar-refractivity contribution < 1.29 is 9.50 Å². The standard InChI is InChI=1S/C11H8FNO/c12-11-9(2-1-3-10(11)14)8-4-6-13-7-5-8/h1-7,14H. The molecule has 1 heterocycles. The van der Waals surface area contributed by atoms with Crippen molar-refractivity contribution in [3.05, 3.63) is 48.5 Å². The Balaban J connectivity index is 2.58. The van der Waals surface area contributed by atoms with E-state index in [9.17, 15) is 9.50 Å². The average Bonchev–Trinajstić information content (AvgIpc) is 2.23. The molecule has 0 bridgehead atoms. The van der Waals surface area contributed by atoms with Crippen LogP contribution in [0.5, 0.6) is 5.75 Å². The smallest absolute Gasteiger partial charge is 0.172 e. The van der Waals surface area contributed by atoms with Gasteiger partial charge in [-0.05, 0) is 23.8 Å². The first-order chi connectivity index (χ1) is 6.79. The second kappa shape index (κ2) is 3.46. The highest BCUT2D eigenvalue weighted by molar-refractivity contribution is 5.65. The van der Waals surface area contributed by atoms with Crippen LogP contribution in [0.15, 0.2) is 42.7 Å². The quantitative estimate of drug-likeness (QED) is 0.747. The van der Waals surface area contributed by atoms with Crippen molar-refractivity contribution in [1.82, 2.24) is 4.98 Å². The summed E-state index contributed by atoms with van der Waals surface area (Å²) in [5.41, 5.74) is 1.08. The van der Waals surface area contributed by atoms with E-state index in [0.29, 0.717) is 11.1 Å². The molecule has 0 saturated heterocycles. The summed E-state index contributed by atoms with van der Waals surface area (Å²) in [5, 5.41) is 9.17. The number of nitrogens with zero attached hydrogens (tertiary/aromatic N) is 1. The highest BCUT2D eigenvalue weighted by Crippen LogP contribution is 2.27. The predicted molar refractivity (Wildman–Crippen MR) is 51.3 cm³/mol. The van der Waals surface area contributed by atoms with Gasteiger partial charge in [-0.1, -0.05) is 12.1 Å². The SMILES string of the molecule is Oc1cccc(-c2ccncc2)c1F. The summed E-state index contributed by atoms with van der Waals surface area (Å²) in [6, 6.07) is 7.92. The van der Waals surface area contributed by atoms with Gasteiger partial charge in [0.05, 0.1) is 0 Å². The summed E-state index contributed by atoms with van der Waals surface area (Å²) < 4.78 is 13.4. The molecule has 14 heavy (non-hydrogen) atoms. The van der Waals surface area contributed by atoms with Crippen molar-refractivity contribution >= 4 is 0 Å². The van der Waals surface area contributed by atoms with Crippen LogP contribution in [0.4, 0.5) is 4.39 Å². The number of phenolic OH excluding ortho intramolecular Hbond substituents is 1. The van der Waals surface area contributed by atoms with Crippen LogP contribution in [0.1, 0.15) is 0 Å². The molecule has 0 atom stereocenters. The van der Waals surface area contributed by atoms with E-state index in [0.717, 1.165) is 0 Å². The number of pyridine rings is 1. The molecule has 0 aliphatic heterocycles.